The Labute approximate surface area is 160 Å². The predicted molar refractivity (Wildman–Crippen MR) is 102 cm³/mol. The number of para-hydroxylation sites is 1. The Hall–Kier alpha value is -3.11. The molecule has 138 valence electrons. The lowest BCUT2D eigenvalue weighted by atomic mass is 10.2. The molecule has 0 aliphatic rings. The Morgan fingerprint density at radius 1 is 1.22 bits per heavy atom. The summed E-state index contributed by atoms with van der Waals surface area (Å²) in [6, 6.07) is 14.8. The van der Waals surface area contributed by atoms with E-state index >= 15 is 0 Å². The van der Waals surface area contributed by atoms with Crippen molar-refractivity contribution < 1.29 is 19.0 Å². The molecule has 0 N–H and O–H groups in total. The van der Waals surface area contributed by atoms with E-state index in [2.05, 4.69) is 4.98 Å². The zero-order valence-electron chi connectivity index (χ0n) is 14.8. The van der Waals surface area contributed by atoms with Crippen LogP contribution in [0.1, 0.15) is 23.4 Å². The van der Waals surface area contributed by atoms with Crippen LogP contribution in [0, 0.1) is 11.3 Å². The molecule has 3 aromatic rings. The van der Waals surface area contributed by atoms with Crippen LogP contribution < -0.4 is 9.47 Å². The van der Waals surface area contributed by atoms with E-state index < -0.39 is 0 Å². The maximum Gasteiger partial charge on any atom is 0.306 e. The van der Waals surface area contributed by atoms with Gasteiger partial charge in [0.2, 0.25) is 0 Å². The zero-order chi connectivity index (χ0) is 19.1. The molecule has 0 amide bonds. The Morgan fingerprint density at radius 2 is 2.07 bits per heavy atom. The number of thiazole rings is 1. The van der Waals surface area contributed by atoms with E-state index in [9.17, 15) is 4.79 Å². The van der Waals surface area contributed by atoms with Gasteiger partial charge < -0.3 is 14.2 Å². The van der Waals surface area contributed by atoms with Crippen LogP contribution in [0.2, 0.25) is 0 Å². The summed E-state index contributed by atoms with van der Waals surface area (Å²) in [5, 5.41) is 9.68. The molecule has 27 heavy (non-hydrogen) atoms. The molecule has 0 fully saturated rings. The fourth-order valence-electron chi connectivity index (χ4n) is 2.45. The largest absolute Gasteiger partial charge is 0.493 e. The summed E-state index contributed by atoms with van der Waals surface area (Å²) < 4.78 is 17.2. The van der Waals surface area contributed by atoms with Crippen LogP contribution in [0.15, 0.2) is 42.5 Å². The SMILES string of the molecule is COc1cc(C#N)ccc1OCCCC(=O)OCc1nc2ccccc2s1. The first kappa shape index (κ1) is 18.7. The second kappa shape index (κ2) is 9.01. The van der Waals surface area contributed by atoms with Gasteiger partial charge in [0, 0.05) is 12.5 Å². The number of ether oxygens (including phenoxy) is 3. The maximum atomic E-state index is 11.9. The monoisotopic (exact) mass is 382 g/mol. The lowest BCUT2D eigenvalue weighted by molar-refractivity contribution is -0.145. The van der Waals surface area contributed by atoms with Crippen LogP contribution in [-0.4, -0.2) is 24.7 Å². The molecule has 6 nitrogen and oxygen atoms in total. The summed E-state index contributed by atoms with van der Waals surface area (Å²) in [6.07, 6.45) is 0.769. The van der Waals surface area contributed by atoms with Gasteiger partial charge in [-0.25, -0.2) is 4.98 Å². The number of rotatable bonds is 8. The molecular weight excluding hydrogens is 364 g/mol. The highest BCUT2D eigenvalue weighted by molar-refractivity contribution is 7.18. The van der Waals surface area contributed by atoms with Crippen molar-refractivity contribution >= 4 is 27.5 Å². The quantitative estimate of drug-likeness (QED) is 0.431. The third kappa shape index (κ3) is 4.96. The first-order chi connectivity index (χ1) is 13.2. The lowest BCUT2D eigenvalue weighted by Gasteiger charge is -2.10. The van der Waals surface area contributed by atoms with Gasteiger partial charge in [-0.3, -0.25) is 4.79 Å². The van der Waals surface area contributed by atoms with Crippen molar-refractivity contribution in [2.75, 3.05) is 13.7 Å². The Morgan fingerprint density at radius 3 is 2.85 bits per heavy atom. The molecule has 0 aliphatic heterocycles. The molecule has 0 bridgehead atoms. The van der Waals surface area contributed by atoms with Crippen molar-refractivity contribution in [2.45, 2.75) is 19.4 Å². The molecule has 0 unspecified atom stereocenters. The minimum absolute atomic E-state index is 0.183. The third-order valence-electron chi connectivity index (χ3n) is 3.77. The Balaban J connectivity index is 1.41. The smallest absolute Gasteiger partial charge is 0.306 e. The predicted octanol–water partition coefficient (Wildman–Crippen LogP) is 4.08. The van der Waals surface area contributed by atoms with Gasteiger partial charge >= 0.3 is 5.97 Å². The van der Waals surface area contributed by atoms with E-state index in [-0.39, 0.29) is 19.0 Å². The number of carbonyl (C=O) groups excluding carboxylic acids is 1. The average molecular weight is 382 g/mol. The lowest BCUT2D eigenvalue weighted by Crippen LogP contribution is -2.07. The van der Waals surface area contributed by atoms with E-state index in [1.54, 1.807) is 18.2 Å². The summed E-state index contributed by atoms with van der Waals surface area (Å²) in [4.78, 5) is 16.3. The molecule has 0 radical (unpaired) electrons. The van der Waals surface area contributed by atoms with Gasteiger partial charge in [0.25, 0.3) is 0 Å². The molecule has 0 saturated heterocycles. The number of methoxy groups -OCH3 is 1. The number of hydrogen-bond acceptors (Lipinski definition) is 7. The van der Waals surface area contributed by atoms with Crippen molar-refractivity contribution in [1.29, 1.82) is 5.26 Å². The summed E-state index contributed by atoms with van der Waals surface area (Å²) in [6.45, 7) is 0.529. The van der Waals surface area contributed by atoms with Crippen molar-refractivity contribution in [3.63, 3.8) is 0 Å². The standard InChI is InChI=1S/C20H18N2O4S/c1-24-17-11-14(12-21)8-9-16(17)25-10-4-7-20(23)26-13-19-22-15-5-2-3-6-18(15)27-19/h2-3,5-6,8-9,11H,4,7,10,13H2,1H3. The summed E-state index contributed by atoms with van der Waals surface area (Å²) in [5.74, 6) is 0.747. The minimum Gasteiger partial charge on any atom is -0.493 e. The number of benzene rings is 2. The van der Waals surface area contributed by atoms with Gasteiger partial charge in [-0.15, -0.1) is 11.3 Å². The first-order valence-electron chi connectivity index (χ1n) is 8.40. The zero-order valence-corrected chi connectivity index (χ0v) is 15.6. The van der Waals surface area contributed by atoms with E-state index in [0.717, 1.165) is 15.2 Å². The van der Waals surface area contributed by atoms with Gasteiger partial charge in [-0.1, -0.05) is 12.1 Å². The van der Waals surface area contributed by atoms with Gasteiger partial charge in [-0.2, -0.15) is 5.26 Å². The number of fused-ring (bicyclic) bond motifs is 1. The molecule has 7 heteroatoms. The third-order valence-corrected chi connectivity index (χ3v) is 4.78. The number of hydrogen-bond donors (Lipinski definition) is 0. The molecular formula is C20H18N2O4S. The van der Waals surface area contributed by atoms with Crippen LogP contribution in [0.5, 0.6) is 11.5 Å². The van der Waals surface area contributed by atoms with E-state index in [1.807, 2.05) is 30.3 Å². The van der Waals surface area contributed by atoms with Crippen LogP contribution in [0.3, 0.4) is 0 Å². The topological polar surface area (TPSA) is 81.4 Å². The van der Waals surface area contributed by atoms with Crippen molar-refractivity contribution in [3.8, 4) is 17.6 Å². The Kier molecular flexibility index (Phi) is 6.23. The van der Waals surface area contributed by atoms with Crippen LogP contribution >= 0.6 is 11.3 Å². The van der Waals surface area contributed by atoms with E-state index in [0.29, 0.717) is 30.1 Å². The molecule has 1 heterocycles. The molecule has 1 aromatic heterocycles. The fourth-order valence-corrected chi connectivity index (χ4v) is 3.33. The summed E-state index contributed by atoms with van der Waals surface area (Å²) >= 11 is 1.52. The number of nitriles is 1. The van der Waals surface area contributed by atoms with Crippen LogP contribution in [0.4, 0.5) is 0 Å². The minimum atomic E-state index is -0.287. The Bertz CT molecular complexity index is 945. The second-order valence-electron chi connectivity index (χ2n) is 5.67. The molecule has 0 spiro atoms. The highest BCUT2D eigenvalue weighted by Crippen LogP contribution is 2.28. The van der Waals surface area contributed by atoms with E-state index in [1.165, 1.54) is 18.4 Å². The van der Waals surface area contributed by atoms with E-state index in [4.69, 9.17) is 19.5 Å². The molecule has 0 aliphatic carbocycles. The summed E-state index contributed by atoms with van der Waals surface area (Å²) in [7, 11) is 1.52. The second-order valence-corrected chi connectivity index (χ2v) is 6.78. The van der Waals surface area contributed by atoms with Crippen molar-refractivity contribution in [3.05, 3.63) is 53.0 Å². The number of esters is 1. The highest BCUT2D eigenvalue weighted by Gasteiger charge is 2.09. The number of nitrogens with zero attached hydrogens (tertiary/aromatic N) is 2. The van der Waals surface area contributed by atoms with Crippen molar-refractivity contribution in [2.24, 2.45) is 0 Å². The molecule has 3 rings (SSSR count). The molecule has 0 saturated carbocycles. The van der Waals surface area contributed by atoms with Crippen molar-refractivity contribution in [1.82, 2.24) is 4.98 Å². The fraction of sp³-hybridized carbons (Fsp3) is 0.250. The van der Waals surface area contributed by atoms with Crippen LogP contribution in [-0.2, 0) is 16.1 Å². The molecule has 2 aromatic carbocycles. The highest BCUT2D eigenvalue weighted by atomic mass is 32.1. The van der Waals surface area contributed by atoms with Gasteiger partial charge in [0.05, 0.1) is 35.6 Å². The van der Waals surface area contributed by atoms with Crippen LogP contribution in [0.25, 0.3) is 10.2 Å². The first-order valence-corrected chi connectivity index (χ1v) is 9.22. The summed E-state index contributed by atoms with van der Waals surface area (Å²) in [5.41, 5.74) is 1.41. The van der Waals surface area contributed by atoms with Gasteiger partial charge in [0.15, 0.2) is 11.5 Å². The molecule has 0 atom stereocenters. The van der Waals surface area contributed by atoms with Gasteiger partial charge in [0.1, 0.15) is 11.6 Å². The number of aromatic nitrogens is 1. The normalized spacial score (nSPS) is 10.4. The van der Waals surface area contributed by atoms with Gasteiger partial charge in [-0.05, 0) is 30.7 Å². The number of carbonyl (C=O) groups is 1. The average Bonchev–Trinajstić information content (AvgIpc) is 3.12. The maximum absolute atomic E-state index is 11.9.